The first-order chi connectivity index (χ1) is 17.8. The van der Waals surface area contributed by atoms with Crippen LogP contribution in [0.4, 0.5) is 0 Å². The lowest BCUT2D eigenvalue weighted by atomic mass is 9.39. The third kappa shape index (κ3) is 4.67. The summed E-state index contributed by atoms with van der Waals surface area (Å²) in [5.41, 5.74) is 0.564. The van der Waals surface area contributed by atoms with E-state index in [-0.39, 0.29) is 35.4 Å². The van der Waals surface area contributed by atoms with E-state index in [4.69, 9.17) is 4.74 Å². The third-order valence-corrected chi connectivity index (χ3v) is 8.74. The quantitative estimate of drug-likeness (QED) is 0.189. The number of benzene rings is 1. The van der Waals surface area contributed by atoms with Crippen molar-refractivity contribution in [3.05, 3.63) is 82.2 Å². The topological polar surface area (TPSA) is 60.4 Å². The lowest BCUT2D eigenvalue weighted by Gasteiger charge is -2.60. The number of ether oxygens (including phenoxy) is 1. The molecule has 1 saturated carbocycles. The van der Waals surface area contributed by atoms with Crippen LogP contribution in [0.5, 0.6) is 0 Å². The Kier molecular flexibility index (Phi) is 8.55. The van der Waals surface area contributed by atoms with E-state index < -0.39 is 16.2 Å². The summed E-state index contributed by atoms with van der Waals surface area (Å²) in [6.07, 6.45) is 7.73. The predicted molar refractivity (Wildman–Crippen MR) is 154 cm³/mol. The van der Waals surface area contributed by atoms with Gasteiger partial charge in [0.2, 0.25) is 0 Å². The maximum absolute atomic E-state index is 15.0. The van der Waals surface area contributed by atoms with Crippen LogP contribution >= 0.6 is 0 Å². The fourth-order valence-electron chi connectivity index (χ4n) is 6.42. The maximum Gasteiger partial charge on any atom is 0.184 e. The molecule has 0 unspecified atom stereocenters. The minimum Gasteiger partial charge on any atom is -0.499 e. The predicted octanol–water partition coefficient (Wildman–Crippen LogP) is 8.01. The molecule has 4 heteroatoms. The van der Waals surface area contributed by atoms with Crippen molar-refractivity contribution in [2.24, 2.45) is 22.2 Å². The molecule has 0 saturated heterocycles. The Hall–Kier alpha value is -3.01. The van der Waals surface area contributed by atoms with Gasteiger partial charge >= 0.3 is 0 Å². The van der Waals surface area contributed by atoms with Crippen molar-refractivity contribution in [2.75, 3.05) is 7.11 Å². The zero-order valence-electron chi connectivity index (χ0n) is 24.7. The van der Waals surface area contributed by atoms with E-state index in [0.29, 0.717) is 30.4 Å². The lowest BCUT2D eigenvalue weighted by molar-refractivity contribution is -0.168. The van der Waals surface area contributed by atoms with Crippen LogP contribution in [0.25, 0.3) is 0 Å². The fraction of sp³-hybridized carbons (Fsp3) is 0.500. The zero-order valence-corrected chi connectivity index (χ0v) is 24.7. The number of carbonyl (C=O) groups excluding carboxylic acids is 3. The number of methoxy groups -OCH3 is 1. The van der Waals surface area contributed by atoms with Crippen LogP contribution in [0.2, 0.25) is 0 Å². The van der Waals surface area contributed by atoms with Crippen molar-refractivity contribution in [1.29, 1.82) is 0 Å². The average molecular weight is 517 g/mol. The number of hydrogen-bond donors (Lipinski definition) is 0. The molecule has 0 heterocycles. The highest BCUT2D eigenvalue weighted by molar-refractivity contribution is 6.29. The Balaban J connectivity index is 2.49. The van der Waals surface area contributed by atoms with Crippen molar-refractivity contribution in [2.45, 2.75) is 81.1 Å². The molecule has 4 nitrogen and oxygen atoms in total. The highest BCUT2D eigenvalue weighted by Gasteiger charge is 2.74. The Morgan fingerprint density at radius 3 is 2.03 bits per heavy atom. The molecule has 0 N–H and O–H groups in total. The molecule has 2 aliphatic carbocycles. The Bertz CT molecular complexity index is 1230. The number of rotatable bonds is 9. The van der Waals surface area contributed by atoms with Gasteiger partial charge in [0.15, 0.2) is 22.8 Å². The number of carbonyl (C=O) groups is 3. The molecule has 3 atom stereocenters. The van der Waals surface area contributed by atoms with Crippen molar-refractivity contribution in [3.63, 3.8) is 0 Å². The summed E-state index contributed by atoms with van der Waals surface area (Å²) >= 11 is 0. The largest absolute Gasteiger partial charge is 0.499 e. The zero-order chi connectivity index (χ0) is 28.5. The summed E-state index contributed by atoms with van der Waals surface area (Å²) in [6.45, 7) is 16.1. The van der Waals surface area contributed by atoms with E-state index in [1.54, 1.807) is 12.1 Å². The van der Waals surface area contributed by atoms with Crippen LogP contribution in [-0.4, -0.2) is 24.5 Å². The van der Waals surface area contributed by atoms with E-state index in [9.17, 15) is 9.59 Å². The molecule has 1 aromatic carbocycles. The van der Waals surface area contributed by atoms with E-state index in [1.165, 1.54) is 12.7 Å². The minimum absolute atomic E-state index is 0.0903. The van der Waals surface area contributed by atoms with Crippen LogP contribution < -0.4 is 0 Å². The highest BCUT2D eigenvalue weighted by Crippen LogP contribution is 2.66. The van der Waals surface area contributed by atoms with Crippen molar-refractivity contribution >= 4 is 17.3 Å². The molecule has 2 bridgehead atoms. The summed E-state index contributed by atoms with van der Waals surface area (Å²) in [4.78, 5) is 44.3. The molecular weight excluding hydrogens is 472 g/mol. The van der Waals surface area contributed by atoms with Gasteiger partial charge in [0.25, 0.3) is 0 Å². The van der Waals surface area contributed by atoms with Gasteiger partial charge in [0.05, 0.1) is 7.11 Å². The molecular formula is C34H44O4. The summed E-state index contributed by atoms with van der Waals surface area (Å²) in [5.74, 6) is -0.631. The Morgan fingerprint density at radius 2 is 1.50 bits per heavy atom. The van der Waals surface area contributed by atoms with Gasteiger partial charge in [-0.05, 0) is 78.6 Å². The molecule has 1 fully saturated rings. The van der Waals surface area contributed by atoms with Gasteiger partial charge < -0.3 is 4.74 Å². The monoisotopic (exact) mass is 516 g/mol. The minimum atomic E-state index is -1.56. The van der Waals surface area contributed by atoms with E-state index in [1.807, 2.05) is 58.0 Å². The molecule has 0 aromatic heterocycles. The standard InChI is InChI=1S/C34H44O4/c1-22(2)15-17-26-21-33(28(35)25-13-11-10-12-14-25)30(38-9)27(18-16-23(3)4)29(36)34(31(33)37,32(26,7)8)20-19-24(5)6/h10-16,19,26H,17-18,20-21H2,1-9H3/t26-,33-,34-/m0/s1. The summed E-state index contributed by atoms with van der Waals surface area (Å²) in [5, 5.41) is 0. The molecule has 0 aliphatic heterocycles. The van der Waals surface area contributed by atoms with E-state index in [2.05, 4.69) is 33.8 Å². The molecule has 0 spiro atoms. The smallest absolute Gasteiger partial charge is 0.184 e. The van der Waals surface area contributed by atoms with E-state index in [0.717, 1.165) is 11.1 Å². The number of Topliss-reactive ketones (excluding diaryl/α,β-unsaturated/α-hetero) is 3. The van der Waals surface area contributed by atoms with Gasteiger partial charge in [0.1, 0.15) is 11.2 Å². The van der Waals surface area contributed by atoms with Crippen LogP contribution in [-0.2, 0) is 14.3 Å². The second kappa shape index (κ2) is 11.0. The molecule has 1 aromatic rings. The first-order valence-electron chi connectivity index (χ1n) is 13.6. The third-order valence-electron chi connectivity index (χ3n) is 8.74. The molecule has 3 rings (SSSR count). The SMILES string of the molecule is COC1=C(CC=C(C)C)C(=O)[C@@]2(CC=C(C)C)C(=O)[C@]1(C(=O)c1ccccc1)C[C@H](CC=C(C)C)C2(C)C. The number of hydrogen-bond acceptors (Lipinski definition) is 4. The van der Waals surface area contributed by atoms with Crippen LogP contribution in [0.1, 0.15) is 91.4 Å². The van der Waals surface area contributed by atoms with Crippen molar-refractivity contribution in [3.8, 4) is 0 Å². The average Bonchev–Trinajstić information content (AvgIpc) is 2.85. The Labute approximate surface area is 228 Å². The first kappa shape index (κ1) is 29.5. The second-order valence-corrected chi connectivity index (χ2v) is 12.3. The van der Waals surface area contributed by atoms with Gasteiger partial charge in [-0.25, -0.2) is 0 Å². The second-order valence-electron chi connectivity index (χ2n) is 12.3. The molecule has 2 aliphatic rings. The van der Waals surface area contributed by atoms with Gasteiger partial charge in [-0.3, -0.25) is 14.4 Å². The maximum atomic E-state index is 15.0. The number of allylic oxidation sites excluding steroid dienone is 8. The van der Waals surface area contributed by atoms with Gasteiger partial charge in [0, 0.05) is 11.1 Å². The van der Waals surface area contributed by atoms with Gasteiger partial charge in [-0.2, -0.15) is 0 Å². The van der Waals surface area contributed by atoms with Gasteiger partial charge in [-0.15, -0.1) is 0 Å². The number of ketones is 3. The summed E-state index contributed by atoms with van der Waals surface area (Å²) in [7, 11) is 1.49. The summed E-state index contributed by atoms with van der Waals surface area (Å²) < 4.78 is 5.98. The van der Waals surface area contributed by atoms with Crippen LogP contribution in [0, 0.1) is 22.2 Å². The highest BCUT2D eigenvalue weighted by atomic mass is 16.5. The van der Waals surface area contributed by atoms with E-state index >= 15 is 4.79 Å². The first-order valence-corrected chi connectivity index (χ1v) is 13.6. The van der Waals surface area contributed by atoms with Gasteiger partial charge in [-0.1, -0.05) is 79.1 Å². The lowest BCUT2D eigenvalue weighted by Crippen LogP contribution is -2.68. The Morgan fingerprint density at radius 1 is 0.921 bits per heavy atom. The van der Waals surface area contributed by atoms with Crippen molar-refractivity contribution < 1.29 is 19.1 Å². The normalized spacial score (nSPS) is 26.0. The number of fused-ring (bicyclic) bond motifs is 2. The fourth-order valence-corrected chi connectivity index (χ4v) is 6.42. The summed E-state index contributed by atoms with van der Waals surface area (Å²) in [6, 6.07) is 8.99. The van der Waals surface area contributed by atoms with Crippen LogP contribution in [0.15, 0.2) is 76.6 Å². The molecule has 204 valence electrons. The van der Waals surface area contributed by atoms with Crippen LogP contribution in [0.3, 0.4) is 0 Å². The molecule has 0 radical (unpaired) electrons. The van der Waals surface area contributed by atoms with Crippen molar-refractivity contribution in [1.82, 2.24) is 0 Å². The molecule has 38 heavy (non-hydrogen) atoms. The molecule has 0 amide bonds.